The molecule has 0 N–H and O–H groups in total. The average molecular weight is 120 g/mol. The number of hydrogen-bond donors (Lipinski definition) is 0. The van der Waals surface area contributed by atoms with Crippen molar-refractivity contribution in [1.29, 1.82) is 0 Å². The third-order valence-electron chi connectivity index (χ3n) is 0.662. The van der Waals surface area contributed by atoms with Gasteiger partial charge in [0.25, 0.3) is 0 Å². The standard InChI is InChI=1S/C4N4O/c1-5-3-4(6-2)9-8-7-3. The molecule has 0 bridgehead atoms. The smallest absolute Gasteiger partial charge is 0.366 e. The van der Waals surface area contributed by atoms with Crippen molar-refractivity contribution in [2.45, 2.75) is 0 Å². The van der Waals surface area contributed by atoms with Crippen LogP contribution in [0.5, 0.6) is 0 Å². The Kier molecular flexibility index (Phi) is 1.13. The summed E-state index contributed by atoms with van der Waals surface area (Å²) in [7, 11) is 0. The first-order chi connectivity index (χ1) is 4.38. The van der Waals surface area contributed by atoms with Crippen LogP contribution in [0.4, 0.5) is 11.7 Å². The van der Waals surface area contributed by atoms with E-state index in [9.17, 15) is 0 Å². The van der Waals surface area contributed by atoms with Crippen molar-refractivity contribution >= 4 is 11.7 Å². The molecule has 0 spiro atoms. The van der Waals surface area contributed by atoms with Gasteiger partial charge in [0.1, 0.15) is 5.27 Å². The van der Waals surface area contributed by atoms with E-state index in [1.807, 2.05) is 0 Å². The number of nitrogens with zero attached hydrogens (tertiary/aromatic N) is 4. The molecule has 0 unspecified atom stereocenters. The molecule has 1 rings (SSSR count). The predicted octanol–water partition coefficient (Wildman–Crippen LogP) is 1.17. The topological polar surface area (TPSA) is 47.6 Å². The lowest BCUT2D eigenvalue weighted by Gasteiger charge is -1.71. The largest absolute Gasteiger partial charge is 0.395 e. The SMILES string of the molecule is [C-]#[N+]c1nnoc1[N+]#[C-]. The van der Waals surface area contributed by atoms with Crippen molar-refractivity contribution in [2.24, 2.45) is 0 Å². The van der Waals surface area contributed by atoms with Crippen molar-refractivity contribution in [3.8, 4) is 0 Å². The van der Waals surface area contributed by atoms with E-state index in [0.29, 0.717) is 0 Å². The number of rotatable bonds is 0. The van der Waals surface area contributed by atoms with E-state index < -0.39 is 0 Å². The molecule has 1 aromatic rings. The van der Waals surface area contributed by atoms with E-state index in [1.54, 1.807) is 0 Å². The van der Waals surface area contributed by atoms with Crippen LogP contribution in [-0.4, -0.2) is 10.4 Å². The molecule has 0 atom stereocenters. The van der Waals surface area contributed by atoms with Gasteiger partial charge in [0.15, 0.2) is 0 Å². The molecule has 0 amide bonds. The van der Waals surface area contributed by atoms with Crippen LogP contribution in [0.1, 0.15) is 0 Å². The summed E-state index contributed by atoms with van der Waals surface area (Å²) in [6, 6.07) is 0. The highest BCUT2D eigenvalue weighted by molar-refractivity contribution is 5.57. The first kappa shape index (κ1) is 5.26. The van der Waals surface area contributed by atoms with Crippen LogP contribution in [0, 0.1) is 13.1 Å². The molecule has 5 heteroatoms. The second kappa shape index (κ2) is 1.93. The average Bonchev–Trinajstić information content (AvgIpc) is 2.33. The van der Waals surface area contributed by atoms with Crippen molar-refractivity contribution in [3.05, 3.63) is 22.8 Å². The summed E-state index contributed by atoms with van der Waals surface area (Å²) >= 11 is 0. The monoisotopic (exact) mass is 120 g/mol. The Balaban J connectivity index is 3.22. The summed E-state index contributed by atoms with van der Waals surface area (Å²) in [5.41, 5.74) is 0. The first-order valence-corrected chi connectivity index (χ1v) is 1.95. The van der Waals surface area contributed by atoms with Crippen LogP contribution in [0.2, 0.25) is 0 Å². The summed E-state index contributed by atoms with van der Waals surface area (Å²) in [6.07, 6.45) is 0. The number of hydrogen-bond acceptors (Lipinski definition) is 3. The highest BCUT2D eigenvalue weighted by Crippen LogP contribution is 2.23. The van der Waals surface area contributed by atoms with E-state index in [2.05, 4.69) is 24.6 Å². The molecule has 9 heavy (non-hydrogen) atoms. The van der Waals surface area contributed by atoms with Gasteiger partial charge in [0.05, 0.1) is 6.57 Å². The fourth-order valence-corrected chi connectivity index (χ4v) is 0.322. The second-order valence-electron chi connectivity index (χ2n) is 1.13. The molecule has 5 nitrogen and oxygen atoms in total. The highest BCUT2D eigenvalue weighted by Gasteiger charge is 2.08. The molecule has 0 saturated heterocycles. The zero-order chi connectivity index (χ0) is 6.69. The quantitative estimate of drug-likeness (QED) is 0.483. The minimum atomic E-state index is -0.148. The van der Waals surface area contributed by atoms with Crippen molar-refractivity contribution in [3.63, 3.8) is 0 Å². The van der Waals surface area contributed by atoms with Gasteiger partial charge in [-0.1, -0.05) is 6.57 Å². The lowest BCUT2D eigenvalue weighted by atomic mass is 10.7. The van der Waals surface area contributed by atoms with Crippen LogP contribution in [0.3, 0.4) is 0 Å². The Morgan fingerprint density at radius 2 is 2.11 bits per heavy atom. The van der Waals surface area contributed by atoms with Gasteiger partial charge in [-0.05, 0) is 0 Å². The van der Waals surface area contributed by atoms with Crippen LogP contribution in [0.25, 0.3) is 9.69 Å². The molecule has 0 radical (unpaired) electrons. The van der Waals surface area contributed by atoms with Crippen LogP contribution in [0.15, 0.2) is 4.52 Å². The molecule has 0 aliphatic rings. The van der Waals surface area contributed by atoms with Gasteiger partial charge in [0.2, 0.25) is 0 Å². The maximum atomic E-state index is 6.42. The van der Waals surface area contributed by atoms with Gasteiger partial charge in [-0.15, -0.1) is 0 Å². The van der Waals surface area contributed by atoms with Crippen LogP contribution >= 0.6 is 0 Å². The van der Waals surface area contributed by atoms with E-state index in [4.69, 9.17) is 13.1 Å². The fourth-order valence-electron chi connectivity index (χ4n) is 0.322. The van der Waals surface area contributed by atoms with E-state index in [0.717, 1.165) is 0 Å². The maximum absolute atomic E-state index is 6.42. The Labute approximate surface area is 50.5 Å². The van der Waals surface area contributed by atoms with Gasteiger partial charge in [-0.2, -0.15) is 0 Å². The summed E-state index contributed by atoms with van der Waals surface area (Å²) in [5, 5.41) is 6.23. The van der Waals surface area contributed by atoms with Crippen molar-refractivity contribution in [1.82, 2.24) is 10.4 Å². The summed E-state index contributed by atoms with van der Waals surface area (Å²) in [5.74, 6) is -0.227. The minimum absolute atomic E-state index is 0.0787. The molecule has 42 valence electrons. The fraction of sp³-hybridized carbons (Fsp3) is 0. The molecule has 1 heterocycles. The molecule has 0 fully saturated rings. The number of aromatic nitrogens is 2. The molecule has 0 aromatic carbocycles. The third-order valence-corrected chi connectivity index (χ3v) is 0.662. The van der Waals surface area contributed by atoms with Gasteiger partial charge in [-0.3, -0.25) is 0 Å². The molecular formula is C4N4O. The zero-order valence-electron chi connectivity index (χ0n) is 4.20. The van der Waals surface area contributed by atoms with Gasteiger partial charge < -0.3 is 9.37 Å². The van der Waals surface area contributed by atoms with Gasteiger partial charge >= 0.3 is 11.7 Å². The summed E-state index contributed by atoms with van der Waals surface area (Å²) < 4.78 is 4.28. The second-order valence-corrected chi connectivity index (χ2v) is 1.13. The normalized spacial score (nSPS) is 7.78. The minimum Gasteiger partial charge on any atom is -0.366 e. The Bertz CT molecular complexity index is 260. The summed E-state index contributed by atoms with van der Waals surface area (Å²) in [6.45, 7) is 12.8. The molecule has 0 saturated carbocycles. The van der Waals surface area contributed by atoms with Crippen LogP contribution < -0.4 is 0 Å². The first-order valence-electron chi connectivity index (χ1n) is 1.95. The highest BCUT2D eigenvalue weighted by atomic mass is 16.5. The Morgan fingerprint density at radius 3 is 2.56 bits per heavy atom. The van der Waals surface area contributed by atoms with Crippen LogP contribution in [-0.2, 0) is 0 Å². The zero-order valence-corrected chi connectivity index (χ0v) is 4.20. The maximum Gasteiger partial charge on any atom is 0.395 e. The third kappa shape index (κ3) is 0.707. The lowest BCUT2D eigenvalue weighted by molar-refractivity contribution is 0.410. The molecule has 0 aliphatic heterocycles. The molecule has 1 aromatic heterocycles. The van der Waals surface area contributed by atoms with Gasteiger partial charge in [-0.25, -0.2) is 4.85 Å². The van der Waals surface area contributed by atoms with E-state index in [1.165, 1.54) is 0 Å². The Morgan fingerprint density at radius 1 is 1.33 bits per heavy atom. The van der Waals surface area contributed by atoms with E-state index in [-0.39, 0.29) is 11.7 Å². The van der Waals surface area contributed by atoms with Crippen molar-refractivity contribution < 1.29 is 4.52 Å². The summed E-state index contributed by atoms with van der Waals surface area (Å²) in [4.78, 5) is 5.72. The molecule has 0 aliphatic carbocycles. The molecular weight excluding hydrogens is 120 g/mol. The Hall–Kier alpha value is -1.88. The lowest BCUT2D eigenvalue weighted by Crippen LogP contribution is -1.58. The van der Waals surface area contributed by atoms with Gasteiger partial charge in [0, 0.05) is 5.10 Å². The van der Waals surface area contributed by atoms with Crippen molar-refractivity contribution in [2.75, 3.05) is 0 Å². The predicted molar refractivity (Wildman–Crippen MR) is 26.8 cm³/mol. The van der Waals surface area contributed by atoms with E-state index >= 15 is 0 Å².